The van der Waals surface area contributed by atoms with Gasteiger partial charge in [-0.3, -0.25) is 0 Å². The van der Waals surface area contributed by atoms with Crippen LogP contribution in [-0.4, -0.2) is 15.0 Å². The maximum atomic E-state index is 6.21. The lowest BCUT2D eigenvalue weighted by Gasteiger charge is -2.30. The van der Waals surface area contributed by atoms with Gasteiger partial charge >= 0.3 is 0 Å². The molecule has 4 nitrogen and oxygen atoms in total. The third-order valence-corrected chi connectivity index (χ3v) is 13.0. The topological polar surface area (TPSA) is 51.8 Å². The average Bonchev–Trinajstić information content (AvgIpc) is 3.98. The van der Waals surface area contributed by atoms with Gasteiger partial charge in [0.25, 0.3) is 0 Å². The largest absolute Gasteiger partial charge is 0.456 e. The number of hydrogen-bond donors (Lipinski definition) is 0. The van der Waals surface area contributed by atoms with E-state index in [1.54, 1.807) is 0 Å². The van der Waals surface area contributed by atoms with Crippen molar-refractivity contribution < 1.29 is 4.42 Å². The monoisotopic (exact) mass is 789 g/mol. The first kappa shape index (κ1) is 34.6. The highest BCUT2D eigenvalue weighted by molar-refractivity contribution is 6.12. The van der Waals surface area contributed by atoms with E-state index >= 15 is 0 Å². The van der Waals surface area contributed by atoms with Gasteiger partial charge in [0.15, 0.2) is 17.5 Å². The molecule has 4 heteroatoms. The maximum absolute atomic E-state index is 6.21. The van der Waals surface area contributed by atoms with Gasteiger partial charge in [0.05, 0.1) is 5.41 Å². The second kappa shape index (κ2) is 13.4. The molecule has 0 unspecified atom stereocenters. The fourth-order valence-electron chi connectivity index (χ4n) is 10.3. The van der Waals surface area contributed by atoms with Crippen molar-refractivity contribution in [3.8, 4) is 78.7 Å². The molecule has 2 aliphatic carbocycles. The Bertz CT molecular complexity index is 3520. The Morgan fingerprint density at radius 3 is 1.44 bits per heavy atom. The molecule has 0 saturated heterocycles. The SMILES string of the molecule is c1ccc(-c2nc(-c3ccc(-c4cccc5oc6ccccc6c45)cc3)nc(-c3cccc(-c4ccc5c(c4)C4(c6ccccc6-c6ccccc64)c4ccccc4-5)c3)n2)cc1. The van der Waals surface area contributed by atoms with Gasteiger partial charge in [-0.05, 0) is 91.0 Å². The highest BCUT2D eigenvalue weighted by atomic mass is 16.3. The standard InChI is InChI=1S/C58H35N3O/c1-2-14-37(15-3-1)55-59-56(38-30-28-36(29-31-38)42-22-13-27-53-54(42)47-21-7-11-26-52(47)62-53)61-57(60-55)41-17-12-16-39(34-41)40-32-33-46-45-20-6-10-25-50(45)58(51(46)35-40)48-23-8-4-18-43(48)44-19-5-9-24-49(44)58/h1-35H. The van der Waals surface area contributed by atoms with Crippen molar-refractivity contribution in [2.24, 2.45) is 0 Å². The van der Waals surface area contributed by atoms with E-state index in [0.717, 1.165) is 60.9 Å². The van der Waals surface area contributed by atoms with Gasteiger partial charge < -0.3 is 4.42 Å². The van der Waals surface area contributed by atoms with Crippen LogP contribution in [0.4, 0.5) is 0 Å². The third kappa shape index (κ3) is 5.04. The number of fused-ring (bicyclic) bond motifs is 13. The Morgan fingerprint density at radius 1 is 0.290 bits per heavy atom. The van der Waals surface area contributed by atoms with Gasteiger partial charge in [-0.25, -0.2) is 15.0 Å². The molecule has 2 heterocycles. The lowest BCUT2D eigenvalue weighted by Crippen LogP contribution is -2.25. The van der Waals surface area contributed by atoms with Crippen LogP contribution in [0.5, 0.6) is 0 Å². The van der Waals surface area contributed by atoms with E-state index in [4.69, 9.17) is 19.4 Å². The molecule has 0 fully saturated rings. The van der Waals surface area contributed by atoms with Crippen molar-refractivity contribution in [3.05, 3.63) is 235 Å². The molecule has 0 atom stereocenters. The number of aromatic nitrogens is 3. The van der Waals surface area contributed by atoms with E-state index in [1.165, 1.54) is 44.5 Å². The molecule has 0 N–H and O–H groups in total. The summed E-state index contributed by atoms with van der Waals surface area (Å²) in [6.07, 6.45) is 0. The van der Waals surface area contributed by atoms with Crippen LogP contribution in [-0.2, 0) is 5.41 Å². The Balaban J connectivity index is 0.928. The molecule has 0 saturated carbocycles. The van der Waals surface area contributed by atoms with Crippen LogP contribution in [0.15, 0.2) is 217 Å². The second-order valence-corrected chi connectivity index (χ2v) is 16.3. The summed E-state index contributed by atoms with van der Waals surface area (Å²) in [5, 5.41) is 2.23. The van der Waals surface area contributed by atoms with Crippen molar-refractivity contribution in [2.45, 2.75) is 5.41 Å². The molecule has 62 heavy (non-hydrogen) atoms. The Kier molecular flexibility index (Phi) is 7.49. The van der Waals surface area contributed by atoms with Crippen molar-refractivity contribution in [1.82, 2.24) is 15.0 Å². The predicted octanol–water partition coefficient (Wildman–Crippen LogP) is 14.4. The minimum absolute atomic E-state index is 0.408. The fraction of sp³-hybridized carbons (Fsp3) is 0.0172. The fourth-order valence-corrected chi connectivity index (χ4v) is 10.3. The highest BCUT2D eigenvalue weighted by Gasteiger charge is 2.51. The van der Waals surface area contributed by atoms with Crippen LogP contribution < -0.4 is 0 Å². The van der Waals surface area contributed by atoms with Gasteiger partial charge in [0.1, 0.15) is 11.2 Å². The Hall–Kier alpha value is -8.21. The first-order chi connectivity index (χ1) is 30.7. The normalized spacial score (nSPS) is 13.0. The zero-order valence-corrected chi connectivity index (χ0v) is 33.5. The summed E-state index contributed by atoms with van der Waals surface area (Å²) in [7, 11) is 0. The molecule has 11 aromatic rings. The van der Waals surface area contributed by atoms with Gasteiger partial charge in [-0.15, -0.1) is 0 Å². The number of rotatable bonds is 5. The lowest BCUT2D eigenvalue weighted by atomic mass is 9.70. The number of hydrogen-bond acceptors (Lipinski definition) is 4. The highest BCUT2D eigenvalue weighted by Crippen LogP contribution is 2.63. The van der Waals surface area contributed by atoms with Gasteiger partial charge in [0.2, 0.25) is 0 Å². The predicted molar refractivity (Wildman–Crippen MR) is 251 cm³/mol. The molecular formula is C58H35N3O. The number of furan rings is 1. The van der Waals surface area contributed by atoms with E-state index in [9.17, 15) is 0 Å². The van der Waals surface area contributed by atoms with Crippen molar-refractivity contribution in [2.75, 3.05) is 0 Å². The molecule has 9 aromatic carbocycles. The van der Waals surface area contributed by atoms with Crippen molar-refractivity contribution >= 4 is 21.9 Å². The Morgan fingerprint density at radius 2 is 0.742 bits per heavy atom. The molecule has 2 aromatic heterocycles. The van der Waals surface area contributed by atoms with Crippen molar-refractivity contribution in [1.29, 1.82) is 0 Å². The third-order valence-electron chi connectivity index (χ3n) is 13.0. The molecule has 0 bridgehead atoms. The molecule has 13 rings (SSSR count). The van der Waals surface area contributed by atoms with E-state index in [-0.39, 0.29) is 0 Å². The van der Waals surface area contributed by atoms with Crippen LogP contribution in [0.1, 0.15) is 22.3 Å². The number of para-hydroxylation sites is 1. The Labute approximate surface area is 358 Å². The van der Waals surface area contributed by atoms with E-state index in [0.29, 0.717) is 17.5 Å². The molecule has 2 aliphatic rings. The molecule has 288 valence electrons. The quantitative estimate of drug-likeness (QED) is 0.174. The second-order valence-electron chi connectivity index (χ2n) is 16.3. The summed E-state index contributed by atoms with van der Waals surface area (Å²) >= 11 is 0. The van der Waals surface area contributed by atoms with E-state index < -0.39 is 5.41 Å². The molecule has 0 radical (unpaired) electrons. The summed E-state index contributed by atoms with van der Waals surface area (Å²) in [4.78, 5) is 15.4. The maximum Gasteiger partial charge on any atom is 0.164 e. The zero-order valence-electron chi connectivity index (χ0n) is 33.5. The summed E-state index contributed by atoms with van der Waals surface area (Å²) in [5.74, 6) is 1.87. The lowest BCUT2D eigenvalue weighted by molar-refractivity contribution is 0.669. The first-order valence-corrected chi connectivity index (χ1v) is 21.1. The van der Waals surface area contributed by atoms with E-state index in [1.807, 2.05) is 36.4 Å². The minimum Gasteiger partial charge on any atom is -0.456 e. The summed E-state index contributed by atoms with van der Waals surface area (Å²) in [5.41, 5.74) is 19.1. The molecular weight excluding hydrogens is 755 g/mol. The minimum atomic E-state index is -0.408. The smallest absolute Gasteiger partial charge is 0.164 e. The molecule has 0 aliphatic heterocycles. The summed E-state index contributed by atoms with van der Waals surface area (Å²) in [6, 6.07) is 75.7. The number of nitrogens with zero attached hydrogens (tertiary/aromatic N) is 3. The zero-order chi connectivity index (χ0) is 40.8. The van der Waals surface area contributed by atoms with Crippen molar-refractivity contribution in [3.63, 3.8) is 0 Å². The van der Waals surface area contributed by atoms with Gasteiger partial charge in [-0.2, -0.15) is 0 Å². The summed E-state index contributed by atoms with van der Waals surface area (Å²) in [6.45, 7) is 0. The van der Waals surface area contributed by atoms with Crippen LogP contribution in [0, 0.1) is 0 Å². The van der Waals surface area contributed by atoms with Gasteiger partial charge in [-0.1, -0.05) is 188 Å². The van der Waals surface area contributed by atoms with Crippen LogP contribution >= 0.6 is 0 Å². The van der Waals surface area contributed by atoms with Crippen LogP contribution in [0.3, 0.4) is 0 Å². The average molecular weight is 790 g/mol. The van der Waals surface area contributed by atoms with Crippen LogP contribution in [0.2, 0.25) is 0 Å². The molecule has 0 amide bonds. The summed E-state index contributed by atoms with van der Waals surface area (Å²) < 4.78 is 6.21. The van der Waals surface area contributed by atoms with Crippen LogP contribution in [0.25, 0.3) is 101 Å². The van der Waals surface area contributed by atoms with E-state index in [2.05, 4.69) is 176 Å². The number of benzene rings is 9. The molecule has 1 spiro atoms. The first-order valence-electron chi connectivity index (χ1n) is 21.1. The van der Waals surface area contributed by atoms with Gasteiger partial charge in [0, 0.05) is 27.5 Å².